The van der Waals surface area contributed by atoms with E-state index in [0.717, 1.165) is 12.0 Å². The fourth-order valence-corrected chi connectivity index (χ4v) is 6.21. The van der Waals surface area contributed by atoms with Crippen molar-refractivity contribution in [3.63, 3.8) is 0 Å². The molecular weight excluding hydrogens is 541 g/mol. The van der Waals surface area contributed by atoms with E-state index < -0.39 is 38.2 Å². The van der Waals surface area contributed by atoms with E-state index in [9.17, 15) is 22.7 Å². The van der Waals surface area contributed by atoms with Crippen molar-refractivity contribution in [1.29, 1.82) is 0 Å². The number of aromatic nitrogens is 3. The van der Waals surface area contributed by atoms with Crippen LogP contribution in [-0.2, 0) is 16.3 Å². The summed E-state index contributed by atoms with van der Waals surface area (Å²) in [7, 11) is -4.46. The summed E-state index contributed by atoms with van der Waals surface area (Å²) in [6.45, 7) is 5.54. The Hall–Kier alpha value is -3.56. The number of hydrogen-bond acceptors (Lipinski definition) is 6. The van der Waals surface area contributed by atoms with Crippen molar-refractivity contribution in [2.45, 2.75) is 62.3 Å². The van der Waals surface area contributed by atoms with Gasteiger partial charge in [-0.2, -0.15) is 9.37 Å². The zero-order chi connectivity index (χ0) is 28.3. The first kappa shape index (κ1) is 28.4. The summed E-state index contributed by atoms with van der Waals surface area (Å²) >= 11 is 6.22. The minimum absolute atomic E-state index is 0.183. The van der Waals surface area contributed by atoms with Gasteiger partial charge in [-0.05, 0) is 67.3 Å². The first-order valence-corrected chi connectivity index (χ1v) is 14.5. The third-order valence-corrected chi connectivity index (χ3v) is 8.64. The number of pyridine rings is 1. The number of sulfone groups is 1. The highest BCUT2D eigenvalue weighted by atomic mass is 35.5. The summed E-state index contributed by atoms with van der Waals surface area (Å²) in [5.41, 5.74) is 1.45. The molecule has 39 heavy (non-hydrogen) atoms. The van der Waals surface area contributed by atoms with Gasteiger partial charge < -0.3 is 5.11 Å². The molecule has 204 valence electrons. The van der Waals surface area contributed by atoms with E-state index in [2.05, 4.69) is 9.97 Å². The van der Waals surface area contributed by atoms with Crippen LogP contribution in [0, 0.1) is 12.9 Å². The number of aromatic hydroxyl groups is 1. The fraction of sp³-hybridized carbons (Fsp3) is 0.276. The molecule has 0 spiro atoms. The van der Waals surface area contributed by atoms with E-state index in [4.69, 9.17) is 11.6 Å². The second kappa shape index (κ2) is 11.7. The number of halogens is 2. The lowest BCUT2D eigenvalue weighted by Crippen LogP contribution is -2.27. The number of aryl methyl sites for hydroxylation is 2. The maximum absolute atomic E-state index is 13.7. The highest BCUT2D eigenvalue weighted by Gasteiger charge is 2.32. The molecule has 0 radical (unpaired) electrons. The molecule has 4 rings (SSSR count). The Kier molecular flexibility index (Phi) is 8.51. The average molecular weight is 570 g/mol. The summed E-state index contributed by atoms with van der Waals surface area (Å²) in [6, 6.07) is 15.1. The third kappa shape index (κ3) is 5.74. The lowest BCUT2D eigenvalue weighted by atomic mass is 10.0. The SMILES string of the molecule is CCCCc1nc(=O)c(S(=O)(=O)c2ccc(-c3ccc(F)nc3C)cc2)c(O)n1C(CC)c1cccc(Cl)c1. The Morgan fingerprint density at radius 3 is 2.38 bits per heavy atom. The number of unbranched alkanes of at least 4 members (excludes halogenated alkanes) is 1. The third-order valence-electron chi connectivity index (χ3n) is 6.62. The summed E-state index contributed by atoms with van der Waals surface area (Å²) in [5.74, 6) is -0.962. The van der Waals surface area contributed by atoms with Gasteiger partial charge in [0.05, 0.1) is 10.9 Å². The van der Waals surface area contributed by atoms with Gasteiger partial charge in [0.25, 0.3) is 5.56 Å². The lowest BCUT2D eigenvalue weighted by Gasteiger charge is -2.25. The zero-order valence-electron chi connectivity index (χ0n) is 21.9. The predicted octanol–water partition coefficient (Wildman–Crippen LogP) is 6.29. The monoisotopic (exact) mass is 569 g/mol. The summed E-state index contributed by atoms with van der Waals surface area (Å²) in [6.07, 6.45) is 2.39. The molecule has 2 aromatic carbocycles. The van der Waals surface area contributed by atoms with E-state index in [-0.39, 0.29) is 4.90 Å². The van der Waals surface area contributed by atoms with Crippen molar-refractivity contribution < 1.29 is 17.9 Å². The topological polar surface area (TPSA) is 102 Å². The Morgan fingerprint density at radius 2 is 1.77 bits per heavy atom. The van der Waals surface area contributed by atoms with Crippen LogP contribution < -0.4 is 5.56 Å². The fourth-order valence-electron chi connectivity index (χ4n) is 4.67. The van der Waals surface area contributed by atoms with Crippen molar-refractivity contribution in [1.82, 2.24) is 14.5 Å². The van der Waals surface area contributed by atoms with E-state index in [1.165, 1.54) is 22.8 Å². The molecule has 2 heterocycles. The maximum Gasteiger partial charge on any atom is 0.296 e. The van der Waals surface area contributed by atoms with Crippen LogP contribution in [0.3, 0.4) is 0 Å². The molecule has 0 saturated heterocycles. The van der Waals surface area contributed by atoms with Crippen LogP contribution in [0.2, 0.25) is 5.02 Å². The summed E-state index contributed by atoms with van der Waals surface area (Å²) in [4.78, 5) is 20.1. The first-order valence-electron chi connectivity index (χ1n) is 12.7. The Balaban J connectivity index is 1.86. The Bertz CT molecular complexity index is 1670. The number of nitrogens with zero attached hydrogens (tertiary/aromatic N) is 3. The largest absolute Gasteiger partial charge is 0.493 e. The van der Waals surface area contributed by atoms with Gasteiger partial charge in [0.1, 0.15) is 5.82 Å². The van der Waals surface area contributed by atoms with Crippen LogP contribution >= 0.6 is 11.6 Å². The molecule has 4 aromatic rings. The Labute approximate surface area is 231 Å². The van der Waals surface area contributed by atoms with Crippen molar-refractivity contribution in [3.8, 4) is 17.0 Å². The molecular formula is C29H29ClFN3O4S. The van der Waals surface area contributed by atoms with Gasteiger partial charge >= 0.3 is 0 Å². The van der Waals surface area contributed by atoms with Gasteiger partial charge in [-0.25, -0.2) is 13.4 Å². The van der Waals surface area contributed by atoms with Crippen molar-refractivity contribution in [3.05, 3.63) is 99.1 Å². The lowest BCUT2D eigenvalue weighted by molar-refractivity contribution is 0.358. The van der Waals surface area contributed by atoms with Crippen molar-refractivity contribution in [2.75, 3.05) is 0 Å². The quantitative estimate of drug-likeness (QED) is 0.238. The van der Waals surface area contributed by atoms with Crippen LogP contribution in [0.15, 0.2) is 75.2 Å². The van der Waals surface area contributed by atoms with Gasteiger partial charge in [0, 0.05) is 22.7 Å². The molecule has 10 heteroatoms. The molecule has 0 saturated carbocycles. The second-order valence-electron chi connectivity index (χ2n) is 9.23. The molecule has 1 unspecified atom stereocenters. The van der Waals surface area contributed by atoms with E-state index in [1.807, 2.05) is 19.9 Å². The van der Waals surface area contributed by atoms with E-state index >= 15 is 0 Å². The van der Waals surface area contributed by atoms with Gasteiger partial charge in [-0.1, -0.05) is 56.1 Å². The van der Waals surface area contributed by atoms with Crippen LogP contribution in [0.1, 0.15) is 56.2 Å². The number of hydrogen-bond donors (Lipinski definition) is 1. The highest BCUT2D eigenvalue weighted by Crippen LogP contribution is 2.34. The van der Waals surface area contributed by atoms with Crippen LogP contribution in [0.5, 0.6) is 5.88 Å². The van der Waals surface area contributed by atoms with Crippen LogP contribution in [0.4, 0.5) is 4.39 Å². The van der Waals surface area contributed by atoms with E-state index in [1.54, 1.807) is 43.3 Å². The maximum atomic E-state index is 13.7. The molecule has 0 bridgehead atoms. The number of rotatable bonds is 9. The molecule has 0 fully saturated rings. The minimum atomic E-state index is -4.46. The van der Waals surface area contributed by atoms with E-state index in [0.29, 0.717) is 46.9 Å². The van der Waals surface area contributed by atoms with Crippen molar-refractivity contribution in [2.24, 2.45) is 0 Å². The smallest absolute Gasteiger partial charge is 0.296 e. The van der Waals surface area contributed by atoms with Gasteiger partial charge in [0.15, 0.2) is 4.90 Å². The molecule has 1 N–H and O–H groups in total. The molecule has 2 aromatic heterocycles. The minimum Gasteiger partial charge on any atom is -0.493 e. The predicted molar refractivity (Wildman–Crippen MR) is 148 cm³/mol. The van der Waals surface area contributed by atoms with Crippen LogP contribution in [-0.4, -0.2) is 28.1 Å². The normalized spacial score (nSPS) is 12.4. The molecule has 0 aliphatic rings. The highest BCUT2D eigenvalue weighted by molar-refractivity contribution is 7.91. The molecule has 1 atom stereocenters. The van der Waals surface area contributed by atoms with Gasteiger partial charge in [-0.15, -0.1) is 0 Å². The molecule has 0 amide bonds. The average Bonchev–Trinajstić information content (AvgIpc) is 2.89. The molecule has 7 nitrogen and oxygen atoms in total. The second-order valence-corrected chi connectivity index (χ2v) is 11.6. The van der Waals surface area contributed by atoms with Gasteiger partial charge in [-0.3, -0.25) is 9.36 Å². The Morgan fingerprint density at radius 1 is 1.05 bits per heavy atom. The van der Waals surface area contributed by atoms with Crippen LogP contribution in [0.25, 0.3) is 11.1 Å². The summed E-state index contributed by atoms with van der Waals surface area (Å²) < 4.78 is 42.3. The summed E-state index contributed by atoms with van der Waals surface area (Å²) in [5, 5.41) is 11.9. The van der Waals surface area contributed by atoms with Crippen molar-refractivity contribution >= 4 is 21.4 Å². The first-order chi connectivity index (χ1) is 18.6. The zero-order valence-corrected chi connectivity index (χ0v) is 23.4. The molecule has 0 aliphatic carbocycles. The van der Waals surface area contributed by atoms with Gasteiger partial charge in [0.2, 0.25) is 21.7 Å². The standard InChI is InChI=1S/C29H29ClFN3O4S/c1-4-6-10-26-33-28(35)27(29(36)34(26)24(5-2)20-8-7-9-21(30)17-20)39(37,38)22-13-11-19(12-14-22)23-15-16-25(31)32-18(23)3/h7-9,11-17,24,36H,4-6,10H2,1-3H3. The molecule has 0 aliphatic heterocycles. The number of benzene rings is 2.